The minimum absolute atomic E-state index is 0.219. The van der Waals surface area contributed by atoms with Crippen LogP contribution >= 0.6 is 0 Å². The van der Waals surface area contributed by atoms with E-state index in [2.05, 4.69) is 20.6 Å². The monoisotopic (exact) mass is 289 g/mol. The van der Waals surface area contributed by atoms with Gasteiger partial charge in [-0.3, -0.25) is 14.5 Å². The molecule has 1 aliphatic carbocycles. The molecule has 0 unspecified atom stereocenters. The van der Waals surface area contributed by atoms with Crippen LogP contribution in [0.4, 0.5) is 4.39 Å². The average Bonchev–Trinajstić information content (AvgIpc) is 3.00. The zero-order valence-corrected chi connectivity index (χ0v) is 11.7. The number of alkyl halides is 1. The van der Waals surface area contributed by atoms with Gasteiger partial charge in [-0.1, -0.05) is 5.21 Å². The number of hydrogen-bond acceptors (Lipinski definition) is 4. The SMILES string of the molecule is Cc1ccnc(-c2cn(CCNC(=O)[C@@H]3C[C@@H]3F)nn2)c1. The number of hydrogen-bond donors (Lipinski definition) is 1. The van der Waals surface area contributed by atoms with Gasteiger partial charge in [-0.2, -0.15) is 0 Å². The van der Waals surface area contributed by atoms with E-state index < -0.39 is 12.1 Å². The van der Waals surface area contributed by atoms with E-state index in [4.69, 9.17) is 0 Å². The third kappa shape index (κ3) is 3.24. The average molecular weight is 289 g/mol. The molecule has 2 aromatic rings. The first-order valence-corrected chi connectivity index (χ1v) is 6.88. The summed E-state index contributed by atoms with van der Waals surface area (Å²) in [5.74, 6) is -0.670. The van der Waals surface area contributed by atoms with Crippen molar-refractivity contribution in [3.05, 3.63) is 30.1 Å². The predicted octanol–water partition coefficient (Wildman–Crippen LogP) is 1.12. The first kappa shape index (κ1) is 13.7. The highest BCUT2D eigenvalue weighted by molar-refractivity contribution is 5.81. The number of carbonyl (C=O) groups excluding carboxylic acids is 1. The molecular formula is C14H16FN5O. The first-order valence-electron chi connectivity index (χ1n) is 6.88. The second-order valence-corrected chi connectivity index (χ2v) is 5.23. The van der Waals surface area contributed by atoms with Crippen LogP contribution in [0.15, 0.2) is 24.5 Å². The molecule has 1 amide bonds. The lowest BCUT2D eigenvalue weighted by molar-refractivity contribution is -0.122. The summed E-state index contributed by atoms with van der Waals surface area (Å²) < 4.78 is 14.3. The van der Waals surface area contributed by atoms with Gasteiger partial charge in [0, 0.05) is 12.7 Å². The van der Waals surface area contributed by atoms with Crippen LogP contribution in [0.25, 0.3) is 11.4 Å². The van der Waals surface area contributed by atoms with Gasteiger partial charge < -0.3 is 5.32 Å². The molecule has 2 heterocycles. The van der Waals surface area contributed by atoms with Crippen molar-refractivity contribution in [2.75, 3.05) is 6.54 Å². The van der Waals surface area contributed by atoms with Gasteiger partial charge in [-0.15, -0.1) is 5.10 Å². The number of rotatable bonds is 5. The second-order valence-electron chi connectivity index (χ2n) is 5.23. The number of aryl methyl sites for hydroxylation is 1. The molecule has 0 bridgehead atoms. The molecule has 0 saturated heterocycles. The molecule has 6 nitrogen and oxygen atoms in total. The molecule has 0 aromatic carbocycles. The van der Waals surface area contributed by atoms with Crippen LogP contribution in [0.3, 0.4) is 0 Å². The minimum Gasteiger partial charge on any atom is -0.354 e. The standard InChI is InChI=1S/C14H16FN5O/c1-9-2-3-16-12(6-9)13-8-20(19-18-13)5-4-17-14(21)10-7-11(10)15/h2-3,6,8,10-11H,4-5,7H2,1H3,(H,17,21)/t10-,11+/m1/s1. The molecule has 3 rings (SSSR count). The van der Waals surface area contributed by atoms with Crippen molar-refractivity contribution in [2.24, 2.45) is 5.92 Å². The van der Waals surface area contributed by atoms with Gasteiger partial charge in [0.15, 0.2) is 0 Å². The molecule has 7 heteroatoms. The van der Waals surface area contributed by atoms with E-state index in [-0.39, 0.29) is 5.91 Å². The second kappa shape index (κ2) is 5.59. The summed E-state index contributed by atoms with van der Waals surface area (Å²) in [6.45, 7) is 2.89. The Kier molecular flexibility index (Phi) is 3.64. The fraction of sp³-hybridized carbons (Fsp3) is 0.429. The van der Waals surface area contributed by atoms with E-state index in [0.29, 0.717) is 25.2 Å². The molecule has 110 valence electrons. The summed E-state index contributed by atoms with van der Waals surface area (Å²) in [4.78, 5) is 15.7. The molecule has 21 heavy (non-hydrogen) atoms. The van der Waals surface area contributed by atoms with Gasteiger partial charge in [-0.05, 0) is 31.0 Å². The molecule has 0 aliphatic heterocycles. The largest absolute Gasteiger partial charge is 0.354 e. The molecule has 1 aliphatic rings. The Morgan fingerprint density at radius 2 is 2.33 bits per heavy atom. The third-order valence-corrected chi connectivity index (χ3v) is 3.41. The van der Waals surface area contributed by atoms with Crippen LogP contribution in [-0.4, -0.2) is 38.6 Å². The van der Waals surface area contributed by atoms with Crippen molar-refractivity contribution in [2.45, 2.75) is 26.1 Å². The molecule has 2 atom stereocenters. The smallest absolute Gasteiger partial charge is 0.226 e. The van der Waals surface area contributed by atoms with Crippen molar-refractivity contribution in [3.8, 4) is 11.4 Å². The van der Waals surface area contributed by atoms with Gasteiger partial charge in [0.1, 0.15) is 11.9 Å². The number of aromatic nitrogens is 4. The highest BCUT2D eigenvalue weighted by Crippen LogP contribution is 2.33. The maximum absolute atomic E-state index is 12.7. The molecule has 1 N–H and O–H groups in total. The fourth-order valence-electron chi connectivity index (χ4n) is 2.06. The Hall–Kier alpha value is -2.31. The van der Waals surface area contributed by atoms with Gasteiger partial charge in [0.05, 0.1) is 24.4 Å². The lowest BCUT2D eigenvalue weighted by Gasteiger charge is -2.03. The number of carbonyl (C=O) groups is 1. The summed E-state index contributed by atoms with van der Waals surface area (Å²) in [6, 6.07) is 3.85. The molecular weight excluding hydrogens is 273 g/mol. The zero-order valence-electron chi connectivity index (χ0n) is 11.7. The van der Waals surface area contributed by atoms with E-state index in [9.17, 15) is 9.18 Å². The Bertz CT molecular complexity index is 656. The van der Waals surface area contributed by atoms with E-state index in [1.807, 2.05) is 19.1 Å². The van der Waals surface area contributed by atoms with Crippen molar-refractivity contribution in [3.63, 3.8) is 0 Å². The molecule has 0 radical (unpaired) electrons. The summed E-state index contributed by atoms with van der Waals surface area (Å²) >= 11 is 0. The fourth-order valence-corrected chi connectivity index (χ4v) is 2.06. The zero-order chi connectivity index (χ0) is 14.8. The van der Waals surface area contributed by atoms with Gasteiger partial charge in [0.2, 0.25) is 5.91 Å². The summed E-state index contributed by atoms with van der Waals surface area (Å²) in [5.41, 5.74) is 2.56. The summed E-state index contributed by atoms with van der Waals surface area (Å²) in [7, 11) is 0. The minimum atomic E-state index is -0.963. The van der Waals surface area contributed by atoms with E-state index in [0.717, 1.165) is 11.3 Å². The Morgan fingerprint density at radius 1 is 1.52 bits per heavy atom. The van der Waals surface area contributed by atoms with Crippen molar-refractivity contribution in [1.82, 2.24) is 25.3 Å². The number of amides is 1. The lowest BCUT2D eigenvalue weighted by atomic mass is 10.2. The topological polar surface area (TPSA) is 72.7 Å². The van der Waals surface area contributed by atoms with Crippen molar-refractivity contribution >= 4 is 5.91 Å². The van der Waals surface area contributed by atoms with Crippen molar-refractivity contribution < 1.29 is 9.18 Å². The number of nitrogens with one attached hydrogen (secondary N) is 1. The highest BCUT2D eigenvalue weighted by atomic mass is 19.1. The van der Waals surface area contributed by atoms with Gasteiger partial charge >= 0.3 is 0 Å². The molecule has 2 aromatic heterocycles. The lowest BCUT2D eigenvalue weighted by Crippen LogP contribution is -2.29. The van der Waals surface area contributed by atoms with Crippen molar-refractivity contribution in [1.29, 1.82) is 0 Å². The van der Waals surface area contributed by atoms with Crippen LogP contribution < -0.4 is 5.32 Å². The van der Waals surface area contributed by atoms with Crippen LogP contribution in [0.5, 0.6) is 0 Å². The number of nitrogens with zero attached hydrogens (tertiary/aromatic N) is 4. The van der Waals surface area contributed by atoms with Crippen LogP contribution in [0, 0.1) is 12.8 Å². The Morgan fingerprint density at radius 3 is 3.05 bits per heavy atom. The normalized spacial score (nSPS) is 20.3. The van der Waals surface area contributed by atoms with E-state index in [1.165, 1.54) is 0 Å². The summed E-state index contributed by atoms with van der Waals surface area (Å²) in [6.07, 6.45) is 2.89. The predicted molar refractivity (Wildman–Crippen MR) is 74.0 cm³/mol. The van der Waals surface area contributed by atoms with Gasteiger partial charge in [-0.25, -0.2) is 4.39 Å². The number of pyridine rings is 1. The Balaban J connectivity index is 1.54. The Labute approximate surface area is 121 Å². The quantitative estimate of drug-likeness (QED) is 0.895. The van der Waals surface area contributed by atoms with Gasteiger partial charge in [0.25, 0.3) is 0 Å². The first-order chi connectivity index (χ1) is 10.1. The maximum Gasteiger partial charge on any atom is 0.226 e. The number of halogens is 1. The maximum atomic E-state index is 12.7. The molecule has 0 spiro atoms. The highest BCUT2D eigenvalue weighted by Gasteiger charge is 2.43. The van der Waals surface area contributed by atoms with Crippen LogP contribution in [-0.2, 0) is 11.3 Å². The summed E-state index contributed by atoms with van der Waals surface area (Å²) in [5, 5.41) is 10.8. The molecule has 1 saturated carbocycles. The third-order valence-electron chi connectivity index (χ3n) is 3.41. The van der Waals surface area contributed by atoms with E-state index in [1.54, 1.807) is 17.1 Å². The van der Waals surface area contributed by atoms with Crippen LogP contribution in [0.2, 0.25) is 0 Å². The van der Waals surface area contributed by atoms with Crippen LogP contribution in [0.1, 0.15) is 12.0 Å². The molecule has 1 fully saturated rings. The van der Waals surface area contributed by atoms with E-state index >= 15 is 0 Å².